The van der Waals surface area contributed by atoms with Crippen LogP contribution in [0.15, 0.2) is 36.4 Å². The van der Waals surface area contributed by atoms with Crippen molar-refractivity contribution in [1.29, 1.82) is 0 Å². The van der Waals surface area contributed by atoms with Gasteiger partial charge in [-0.05, 0) is 38.3 Å². The highest BCUT2D eigenvalue weighted by atomic mass is 16.1. The zero-order valence-electron chi connectivity index (χ0n) is 13.7. The third-order valence-corrected chi connectivity index (χ3v) is 3.88. The van der Waals surface area contributed by atoms with E-state index in [4.69, 9.17) is 0 Å². The minimum Gasteiger partial charge on any atom is -0.356 e. The highest BCUT2D eigenvalue weighted by Gasteiger charge is 2.17. The van der Waals surface area contributed by atoms with E-state index in [1.54, 1.807) is 0 Å². The van der Waals surface area contributed by atoms with Crippen LogP contribution in [0, 0.1) is 13.8 Å². The predicted molar refractivity (Wildman–Crippen MR) is 88.8 cm³/mol. The maximum atomic E-state index is 12.3. The number of aromatic nitrogens is 2. The number of nitrogens with zero attached hydrogens (tertiary/aromatic N) is 2. The van der Waals surface area contributed by atoms with Crippen LogP contribution in [0.3, 0.4) is 0 Å². The van der Waals surface area contributed by atoms with Crippen LogP contribution in [-0.4, -0.2) is 22.2 Å². The number of carbonyl (C=O) groups is 1. The molecule has 1 atom stereocenters. The molecule has 0 aliphatic rings. The summed E-state index contributed by atoms with van der Waals surface area (Å²) in [5, 5.41) is 7.48. The number of carbonyl (C=O) groups excluding carboxylic acids is 1. The summed E-state index contributed by atoms with van der Waals surface area (Å²) in [5.41, 5.74) is 3.29. The fraction of sp³-hybridized carbons (Fsp3) is 0.444. The molecule has 1 aromatic heterocycles. The molecule has 0 saturated heterocycles. The largest absolute Gasteiger partial charge is 0.356 e. The van der Waals surface area contributed by atoms with Crippen molar-refractivity contribution in [2.24, 2.45) is 0 Å². The minimum atomic E-state index is -0.0603. The molecule has 4 heteroatoms. The van der Waals surface area contributed by atoms with Crippen molar-refractivity contribution in [3.05, 3.63) is 53.3 Å². The van der Waals surface area contributed by atoms with Crippen molar-refractivity contribution in [2.45, 2.75) is 46.1 Å². The van der Waals surface area contributed by atoms with Gasteiger partial charge in [0.25, 0.3) is 0 Å². The van der Waals surface area contributed by atoms with Crippen molar-refractivity contribution in [1.82, 2.24) is 15.1 Å². The van der Waals surface area contributed by atoms with E-state index in [1.165, 1.54) is 5.69 Å². The second-order valence-electron chi connectivity index (χ2n) is 5.67. The molecule has 2 aromatic rings. The third-order valence-electron chi connectivity index (χ3n) is 3.88. The number of benzene rings is 1. The Hall–Kier alpha value is -2.10. The summed E-state index contributed by atoms with van der Waals surface area (Å²) < 4.78 is 2.00. The van der Waals surface area contributed by atoms with Crippen LogP contribution >= 0.6 is 0 Å². The molecule has 1 amide bonds. The lowest BCUT2D eigenvalue weighted by Crippen LogP contribution is -2.30. The number of rotatable bonds is 7. The third kappa shape index (κ3) is 4.20. The van der Waals surface area contributed by atoms with E-state index >= 15 is 0 Å². The summed E-state index contributed by atoms with van der Waals surface area (Å²) in [5.74, 6) is 0.0527. The van der Waals surface area contributed by atoms with E-state index in [9.17, 15) is 4.79 Å². The molecule has 22 heavy (non-hydrogen) atoms. The second-order valence-corrected chi connectivity index (χ2v) is 5.67. The number of hydrogen-bond acceptors (Lipinski definition) is 2. The molecular weight excluding hydrogens is 274 g/mol. The van der Waals surface area contributed by atoms with Gasteiger partial charge in [0, 0.05) is 18.8 Å². The fourth-order valence-corrected chi connectivity index (χ4v) is 2.72. The highest BCUT2D eigenvalue weighted by molar-refractivity contribution is 5.83. The Kier molecular flexibility index (Phi) is 5.75. The van der Waals surface area contributed by atoms with Crippen molar-refractivity contribution in [3.8, 4) is 0 Å². The molecule has 1 heterocycles. The monoisotopic (exact) mass is 299 g/mol. The normalized spacial score (nSPS) is 12.1. The fourth-order valence-electron chi connectivity index (χ4n) is 2.72. The second kappa shape index (κ2) is 7.78. The first kappa shape index (κ1) is 16.3. The Labute approximate surface area is 132 Å². The topological polar surface area (TPSA) is 46.9 Å². The SMILES string of the molecule is CC[C@H](C(=O)NCCCn1nc(C)cc1C)c1ccccc1. The molecule has 2 rings (SSSR count). The van der Waals surface area contributed by atoms with Gasteiger partial charge in [0.05, 0.1) is 11.6 Å². The van der Waals surface area contributed by atoms with E-state index in [0.29, 0.717) is 6.54 Å². The molecule has 0 spiro atoms. The molecule has 0 fully saturated rings. The summed E-state index contributed by atoms with van der Waals surface area (Å²) in [4.78, 5) is 12.3. The lowest BCUT2D eigenvalue weighted by molar-refractivity contribution is -0.122. The van der Waals surface area contributed by atoms with Gasteiger partial charge in [-0.3, -0.25) is 9.48 Å². The van der Waals surface area contributed by atoms with Crippen molar-refractivity contribution < 1.29 is 4.79 Å². The summed E-state index contributed by atoms with van der Waals surface area (Å²) in [7, 11) is 0. The highest BCUT2D eigenvalue weighted by Crippen LogP contribution is 2.19. The Morgan fingerprint density at radius 3 is 2.59 bits per heavy atom. The smallest absolute Gasteiger partial charge is 0.227 e. The van der Waals surface area contributed by atoms with Crippen molar-refractivity contribution in [2.75, 3.05) is 6.54 Å². The minimum absolute atomic E-state index is 0.0603. The van der Waals surface area contributed by atoms with E-state index in [2.05, 4.69) is 23.4 Å². The number of hydrogen-bond donors (Lipinski definition) is 1. The first-order chi connectivity index (χ1) is 10.6. The maximum absolute atomic E-state index is 12.3. The van der Waals surface area contributed by atoms with E-state index in [0.717, 1.165) is 30.6 Å². The van der Waals surface area contributed by atoms with Crippen LogP contribution in [0.1, 0.15) is 42.6 Å². The standard InChI is InChI=1S/C18H25N3O/c1-4-17(16-9-6-5-7-10-16)18(22)19-11-8-12-21-15(3)13-14(2)20-21/h5-7,9-10,13,17H,4,8,11-12H2,1-3H3,(H,19,22)/t17-/m0/s1. The Balaban J connectivity index is 1.81. The van der Waals surface area contributed by atoms with Crippen molar-refractivity contribution in [3.63, 3.8) is 0 Å². The molecule has 1 aromatic carbocycles. The zero-order chi connectivity index (χ0) is 15.9. The summed E-state index contributed by atoms with van der Waals surface area (Å²) >= 11 is 0. The molecule has 1 N–H and O–H groups in total. The van der Waals surface area contributed by atoms with Gasteiger partial charge >= 0.3 is 0 Å². The molecule has 0 bridgehead atoms. The molecule has 0 aliphatic carbocycles. The van der Waals surface area contributed by atoms with Crippen LogP contribution in [0.5, 0.6) is 0 Å². The quantitative estimate of drug-likeness (QED) is 0.798. The number of aryl methyl sites for hydroxylation is 3. The van der Waals surface area contributed by atoms with E-state index in [1.807, 2.05) is 48.9 Å². The van der Waals surface area contributed by atoms with Gasteiger partial charge in [0.1, 0.15) is 0 Å². The predicted octanol–water partition coefficient (Wildman–Crippen LogP) is 3.20. The van der Waals surface area contributed by atoms with Crippen molar-refractivity contribution >= 4 is 5.91 Å². The first-order valence-corrected chi connectivity index (χ1v) is 7.95. The van der Waals surface area contributed by atoms with Crippen LogP contribution in [0.25, 0.3) is 0 Å². The average Bonchev–Trinajstić information content (AvgIpc) is 2.83. The summed E-state index contributed by atoms with van der Waals surface area (Å²) in [6.07, 6.45) is 1.70. The first-order valence-electron chi connectivity index (χ1n) is 7.95. The van der Waals surface area contributed by atoms with Gasteiger partial charge in [-0.2, -0.15) is 5.10 Å². The Morgan fingerprint density at radius 1 is 1.27 bits per heavy atom. The molecule has 0 unspecified atom stereocenters. The van der Waals surface area contributed by atoms with Crippen LogP contribution in [0.4, 0.5) is 0 Å². The Bertz CT molecular complexity index is 604. The van der Waals surface area contributed by atoms with E-state index in [-0.39, 0.29) is 11.8 Å². The van der Waals surface area contributed by atoms with E-state index < -0.39 is 0 Å². The van der Waals surface area contributed by atoms with Gasteiger partial charge in [0.15, 0.2) is 0 Å². The lowest BCUT2D eigenvalue weighted by Gasteiger charge is -2.15. The van der Waals surface area contributed by atoms with Crippen LogP contribution in [-0.2, 0) is 11.3 Å². The molecule has 0 saturated carbocycles. The zero-order valence-corrected chi connectivity index (χ0v) is 13.7. The number of amides is 1. The summed E-state index contributed by atoms with van der Waals surface area (Å²) in [6.45, 7) is 7.62. The van der Waals surface area contributed by atoms with Gasteiger partial charge in [-0.15, -0.1) is 0 Å². The Morgan fingerprint density at radius 2 is 2.00 bits per heavy atom. The summed E-state index contributed by atoms with van der Waals surface area (Å²) in [6, 6.07) is 12.0. The molecular formula is C18H25N3O. The number of nitrogens with one attached hydrogen (secondary N) is 1. The molecule has 4 nitrogen and oxygen atoms in total. The maximum Gasteiger partial charge on any atom is 0.227 e. The van der Waals surface area contributed by atoms with Gasteiger partial charge in [-0.25, -0.2) is 0 Å². The molecule has 0 aliphatic heterocycles. The van der Waals surface area contributed by atoms with Crippen LogP contribution in [0.2, 0.25) is 0 Å². The van der Waals surface area contributed by atoms with Crippen LogP contribution < -0.4 is 5.32 Å². The molecule has 118 valence electrons. The van der Waals surface area contributed by atoms with Gasteiger partial charge in [0.2, 0.25) is 5.91 Å². The molecule has 0 radical (unpaired) electrons. The lowest BCUT2D eigenvalue weighted by atomic mass is 9.96. The van der Waals surface area contributed by atoms with Gasteiger partial charge in [-0.1, -0.05) is 37.3 Å². The average molecular weight is 299 g/mol. The van der Waals surface area contributed by atoms with Gasteiger partial charge < -0.3 is 5.32 Å².